The van der Waals surface area contributed by atoms with Crippen LogP contribution in [0.15, 0.2) is 12.7 Å². The predicted molar refractivity (Wildman–Crippen MR) is 78.8 cm³/mol. The summed E-state index contributed by atoms with van der Waals surface area (Å²) in [7, 11) is 0.226. The maximum atomic E-state index is 11.6. The summed E-state index contributed by atoms with van der Waals surface area (Å²) in [6.07, 6.45) is 4.88. The number of hydrogen-bond donors (Lipinski definition) is 0. The molecule has 5 nitrogen and oxygen atoms in total. The molecule has 0 aromatic carbocycles. The Morgan fingerprint density at radius 1 is 1.00 bits per heavy atom. The second-order valence-corrected chi connectivity index (χ2v) is 6.76. The molecule has 1 aliphatic rings. The molecule has 0 amide bonds. The van der Waals surface area contributed by atoms with Crippen molar-refractivity contribution in [3.05, 3.63) is 12.7 Å². The monoisotopic (exact) mass is 303 g/mol. The first-order valence-corrected chi connectivity index (χ1v) is 8.62. The van der Waals surface area contributed by atoms with Gasteiger partial charge in [0.1, 0.15) is 24.7 Å². The summed E-state index contributed by atoms with van der Waals surface area (Å²) >= 11 is 0. The lowest BCUT2D eigenvalue weighted by molar-refractivity contribution is -0.142. The normalized spacial score (nSPS) is 15.6. The molecule has 0 aromatic rings. The zero-order chi connectivity index (χ0) is 14.6. The van der Waals surface area contributed by atoms with Crippen molar-refractivity contribution < 1.29 is 23.8 Å². The Hall–Kier alpha value is -1.01. The number of carbonyl (C=O) groups is 2. The van der Waals surface area contributed by atoms with Crippen LogP contribution >= 0.6 is 0 Å². The van der Waals surface area contributed by atoms with Crippen LogP contribution in [0.5, 0.6) is 0 Å². The van der Waals surface area contributed by atoms with E-state index in [1.807, 2.05) is 0 Å². The summed E-state index contributed by atoms with van der Waals surface area (Å²) in [5.74, 6) is 2.29. The lowest BCUT2D eigenvalue weighted by atomic mass is 10.3. The average Bonchev–Trinajstić information content (AvgIpc) is 2.47. The minimum Gasteiger partial charge on any atom is -0.460 e. The van der Waals surface area contributed by atoms with Crippen LogP contribution in [0.3, 0.4) is 0 Å². The van der Waals surface area contributed by atoms with E-state index >= 15 is 0 Å². The summed E-state index contributed by atoms with van der Waals surface area (Å²) in [5.41, 5.74) is 0. The average molecular weight is 303 g/mol. The highest BCUT2D eigenvalue weighted by atomic mass is 32.2. The second-order valence-electron chi connectivity index (χ2n) is 4.43. The third kappa shape index (κ3) is 8.22. The van der Waals surface area contributed by atoms with Crippen molar-refractivity contribution >= 4 is 22.8 Å². The minimum atomic E-state index is -0.464. The molecule has 0 aliphatic carbocycles. The van der Waals surface area contributed by atoms with E-state index in [-0.39, 0.29) is 30.1 Å². The van der Waals surface area contributed by atoms with Gasteiger partial charge in [0.25, 0.3) is 0 Å². The molecule has 0 atom stereocenters. The molecule has 0 radical (unpaired) electrons. The van der Waals surface area contributed by atoms with Crippen LogP contribution in [-0.2, 0) is 34.7 Å². The first-order valence-electron chi connectivity index (χ1n) is 6.89. The lowest BCUT2D eigenvalue weighted by Crippen LogP contribution is -2.27. The molecular weight excluding hydrogens is 280 g/mol. The SMILES string of the molecule is C=CC(=O)OCCOCCOC(=O)C[S+]1CCCCC1. The smallest absolute Gasteiger partial charge is 0.356 e. The van der Waals surface area contributed by atoms with Gasteiger partial charge in [0.05, 0.1) is 13.2 Å². The molecule has 6 heteroatoms. The van der Waals surface area contributed by atoms with Crippen molar-refractivity contribution in [3.8, 4) is 0 Å². The van der Waals surface area contributed by atoms with Gasteiger partial charge < -0.3 is 14.2 Å². The topological polar surface area (TPSA) is 61.8 Å². The van der Waals surface area contributed by atoms with Crippen molar-refractivity contribution in [1.29, 1.82) is 0 Å². The molecule has 0 saturated carbocycles. The standard InChI is InChI=1S/C14H23O5S/c1-2-13(15)18-8-6-17-7-9-19-14(16)12-20-10-4-3-5-11-20/h2H,1,3-12H2/q+1. The van der Waals surface area contributed by atoms with Gasteiger partial charge in [-0.1, -0.05) is 6.58 Å². The number of ether oxygens (including phenoxy) is 3. The van der Waals surface area contributed by atoms with E-state index in [2.05, 4.69) is 6.58 Å². The molecule has 20 heavy (non-hydrogen) atoms. The molecule has 0 N–H and O–H groups in total. The van der Waals surface area contributed by atoms with Crippen molar-refractivity contribution in [3.63, 3.8) is 0 Å². The van der Waals surface area contributed by atoms with E-state index in [4.69, 9.17) is 14.2 Å². The highest BCUT2D eigenvalue weighted by Gasteiger charge is 2.25. The molecule has 0 aromatic heterocycles. The van der Waals surface area contributed by atoms with E-state index < -0.39 is 5.97 Å². The Labute approximate surface area is 123 Å². The van der Waals surface area contributed by atoms with Gasteiger partial charge in [-0.25, -0.2) is 9.59 Å². The van der Waals surface area contributed by atoms with Crippen LogP contribution in [0, 0.1) is 0 Å². The second kappa shape index (κ2) is 10.7. The van der Waals surface area contributed by atoms with Crippen molar-refractivity contribution in [2.75, 3.05) is 43.7 Å². The largest absolute Gasteiger partial charge is 0.460 e. The number of esters is 2. The summed E-state index contributed by atoms with van der Waals surface area (Å²) in [5, 5.41) is 0. The fraction of sp³-hybridized carbons (Fsp3) is 0.714. The van der Waals surface area contributed by atoms with Gasteiger partial charge in [-0.05, 0) is 30.2 Å². The number of hydrogen-bond acceptors (Lipinski definition) is 5. The van der Waals surface area contributed by atoms with Gasteiger partial charge in [-0.15, -0.1) is 0 Å². The summed E-state index contributed by atoms with van der Waals surface area (Å²) < 4.78 is 15.0. The molecule has 114 valence electrons. The Balaban J connectivity index is 1.91. The molecule has 1 aliphatic heterocycles. The van der Waals surface area contributed by atoms with E-state index in [1.54, 1.807) is 0 Å². The summed E-state index contributed by atoms with van der Waals surface area (Å²) in [6, 6.07) is 0. The van der Waals surface area contributed by atoms with Crippen molar-refractivity contribution in [1.82, 2.24) is 0 Å². The molecule has 0 spiro atoms. The van der Waals surface area contributed by atoms with Crippen LogP contribution in [-0.4, -0.2) is 55.6 Å². The quantitative estimate of drug-likeness (QED) is 0.276. The van der Waals surface area contributed by atoms with Crippen LogP contribution in [0.4, 0.5) is 0 Å². The highest BCUT2D eigenvalue weighted by molar-refractivity contribution is 7.97. The van der Waals surface area contributed by atoms with Gasteiger partial charge in [0.15, 0.2) is 0 Å². The van der Waals surface area contributed by atoms with Gasteiger partial charge in [0, 0.05) is 6.08 Å². The summed E-state index contributed by atoms with van der Waals surface area (Å²) in [4.78, 5) is 22.3. The first kappa shape index (κ1) is 17.0. The molecular formula is C14H23O5S+. The van der Waals surface area contributed by atoms with Crippen LogP contribution in [0.1, 0.15) is 19.3 Å². The fourth-order valence-corrected chi connectivity index (χ4v) is 3.95. The Morgan fingerprint density at radius 2 is 1.65 bits per heavy atom. The fourth-order valence-electron chi connectivity index (χ4n) is 1.82. The van der Waals surface area contributed by atoms with Crippen molar-refractivity contribution in [2.45, 2.75) is 19.3 Å². The molecule has 1 saturated heterocycles. The Kier molecular flexibility index (Phi) is 9.15. The molecule has 1 rings (SSSR count). The highest BCUT2D eigenvalue weighted by Crippen LogP contribution is 2.13. The third-order valence-corrected chi connectivity index (χ3v) is 5.19. The van der Waals surface area contributed by atoms with Crippen molar-refractivity contribution in [2.24, 2.45) is 0 Å². The maximum Gasteiger partial charge on any atom is 0.356 e. The predicted octanol–water partition coefficient (Wildman–Crippen LogP) is 1.08. The lowest BCUT2D eigenvalue weighted by Gasteiger charge is -2.13. The number of carbonyl (C=O) groups excluding carboxylic acids is 2. The van der Waals surface area contributed by atoms with Gasteiger partial charge >= 0.3 is 11.9 Å². The maximum absolute atomic E-state index is 11.6. The van der Waals surface area contributed by atoms with Crippen LogP contribution in [0.25, 0.3) is 0 Å². The van der Waals surface area contributed by atoms with Gasteiger partial charge in [-0.3, -0.25) is 0 Å². The zero-order valence-corrected chi connectivity index (χ0v) is 12.6. The first-order chi connectivity index (χ1) is 9.72. The third-order valence-electron chi connectivity index (χ3n) is 2.82. The number of rotatable bonds is 9. The molecule has 1 fully saturated rings. The zero-order valence-electron chi connectivity index (χ0n) is 11.8. The van der Waals surface area contributed by atoms with E-state index in [1.165, 1.54) is 30.8 Å². The molecule has 1 heterocycles. The van der Waals surface area contributed by atoms with E-state index in [0.29, 0.717) is 19.0 Å². The minimum absolute atomic E-state index is 0.128. The van der Waals surface area contributed by atoms with Gasteiger partial charge in [-0.2, -0.15) is 0 Å². The Bertz CT molecular complexity index is 313. The van der Waals surface area contributed by atoms with Crippen LogP contribution in [0.2, 0.25) is 0 Å². The van der Waals surface area contributed by atoms with E-state index in [0.717, 1.165) is 6.08 Å². The van der Waals surface area contributed by atoms with E-state index in [9.17, 15) is 9.59 Å². The molecule has 0 unspecified atom stereocenters. The van der Waals surface area contributed by atoms with Gasteiger partial charge in [0.2, 0.25) is 5.75 Å². The molecule has 0 bridgehead atoms. The Morgan fingerprint density at radius 3 is 2.30 bits per heavy atom. The summed E-state index contributed by atoms with van der Waals surface area (Å²) in [6.45, 7) is 4.34. The van der Waals surface area contributed by atoms with Crippen LogP contribution < -0.4 is 0 Å².